The molecule has 2 heterocycles. The third-order valence-corrected chi connectivity index (χ3v) is 4.63. The molecular formula is C15H10F3IN4. The van der Waals surface area contributed by atoms with E-state index in [0.29, 0.717) is 5.82 Å². The third-order valence-electron chi connectivity index (χ3n) is 3.27. The third kappa shape index (κ3) is 3.21. The lowest BCUT2D eigenvalue weighted by Gasteiger charge is -2.11. The molecule has 4 nitrogen and oxygen atoms in total. The van der Waals surface area contributed by atoms with Crippen LogP contribution in [0.15, 0.2) is 36.9 Å². The molecule has 0 aliphatic rings. The van der Waals surface area contributed by atoms with Crippen LogP contribution in [0.25, 0.3) is 10.9 Å². The van der Waals surface area contributed by atoms with E-state index in [1.807, 2.05) is 19.1 Å². The van der Waals surface area contributed by atoms with Crippen LogP contribution in [0, 0.1) is 10.5 Å². The Morgan fingerprint density at radius 2 is 1.91 bits per heavy atom. The standard InChI is InChI=1S/C15H10F3IN4/c1-8-2-3-11-13(12(8)19)21-7-22-14(11)23-10-4-9(5-20-6-10)15(16,17)18/h2-7H,1H3,(H,21,22,23). The van der Waals surface area contributed by atoms with Gasteiger partial charge in [0.15, 0.2) is 0 Å². The summed E-state index contributed by atoms with van der Waals surface area (Å²) in [5, 5.41) is 3.63. The largest absolute Gasteiger partial charge is 0.417 e. The number of benzene rings is 1. The normalized spacial score (nSPS) is 11.7. The maximum absolute atomic E-state index is 12.8. The first kappa shape index (κ1) is 15.9. The van der Waals surface area contributed by atoms with Gasteiger partial charge in [0.2, 0.25) is 0 Å². The quantitative estimate of drug-likeness (QED) is 0.599. The Bertz CT molecular complexity index is 880. The van der Waals surface area contributed by atoms with E-state index in [9.17, 15) is 13.2 Å². The van der Waals surface area contributed by atoms with E-state index in [0.717, 1.165) is 32.3 Å². The van der Waals surface area contributed by atoms with Crippen molar-refractivity contribution < 1.29 is 13.2 Å². The lowest BCUT2D eigenvalue weighted by Crippen LogP contribution is -2.06. The minimum absolute atomic E-state index is 0.218. The van der Waals surface area contributed by atoms with Crippen LogP contribution in [0.5, 0.6) is 0 Å². The Labute approximate surface area is 143 Å². The molecule has 0 saturated heterocycles. The van der Waals surface area contributed by atoms with Gasteiger partial charge in [0.1, 0.15) is 12.1 Å². The van der Waals surface area contributed by atoms with Crippen LogP contribution in [0.4, 0.5) is 24.7 Å². The van der Waals surface area contributed by atoms with Crippen molar-refractivity contribution in [3.05, 3.63) is 51.6 Å². The number of anilines is 2. The zero-order valence-corrected chi connectivity index (χ0v) is 14.0. The molecule has 0 aliphatic carbocycles. The van der Waals surface area contributed by atoms with Crippen molar-refractivity contribution in [2.75, 3.05) is 5.32 Å². The smallest absolute Gasteiger partial charge is 0.338 e. The van der Waals surface area contributed by atoms with Gasteiger partial charge in [0.25, 0.3) is 0 Å². The zero-order valence-electron chi connectivity index (χ0n) is 11.8. The molecule has 0 amide bonds. The molecule has 1 N–H and O–H groups in total. The average molecular weight is 430 g/mol. The van der Waals surface area contributed by atoms with Crippen LogP contribution in [-0.4, -0.2) is 15.0 Å². The van der Waals surface area contributed by atoms with Gasteiger partial charge < -0.3 is 5.32 Å². The molecular weight excluding hydrogens is 420 g/mol. The lowest BCUT2D eigenvalue weighted by molar-refractivity contribution is -0.137. The van der Waals surface area contributed by atoms with Gasteiger partial charge in [-0.15, -0.1) is 0 Å². The number of aromatic nitrogens is 3. The summed E-state index contributed by atoms with van der Waals surface area (Å²) in [6.07, 6.45) is -0.948. The average Bonchev–Trinajstić information content (AvgIpc) is 2.51. The molecule has 118 valence electrons. The van der Waals surface area contributed by atoms with Crippen molar-refractivity contribution in [1.29, 1.82) is 0 Å². The van der Waals surface area contributed by atoms with Crippen molar-refractivity contribution in [2.45, 2.75) is 13.1 Å². The van der Waals surface area contributed by atoms with Gasteiger partial charge in [-0.05, 0) is 47.2 Å². The maximum Gasteiger partial charge on any atom is 0.417 e. The highest BCUT2D eigenvalue weighted by Gasteiger charge is 2.31. The summed E-state index contributed by atoms with van der Waals surface area (Å²) >= 11 is 2.19. The van der Waals surface area contributed by atoms with Crippen LogP contribution >= 0.6 is 22.6 Å². The highest BCUT2D eigenvalue weighted by molar-refractivity contribution is 14.1. The predicted molar refractivity (Wildman–Crippen MR) is 89.5 cm³/mol. The number of nitrogens with one attached hydrogen (secondary N) is 1. The number of hydrogen-bond donors (Lipinski definition) is 1. The molecule has 0 bridgehead atoms. The summed E-state index contributed by atoms with van der Waals surface area (Å²) < 4.78 is 39.3. The van der Waals surface area contributed by atoms with E-state index in [2.05, 4.69) is 42.9 Å². The highest BCUT2D eigenvalue weighted by Crippen LogP contribution is 2.32. The van der Waals surface area contributed by atoms with Gasteiger partial charge >= 0.3 is 6.18 Å². The number of nitrogens with zero attached hydrogens (tertiary/aromatic N) is 3. The molecule has 2 aromatic heterocycles. The second-order valence-electron chi connectivity index (χ2n) is 4.90. The van der Waals surface area contributed by atoms with Crippen LogP contribution in [0.2, 0.25) is 0 Å². The van der Waals surface area contributed by atoms with E-state index in [1.54, 1.807) is 0 Å². The number of fused-ring (bicyclic) bond motifs is 1. The fraction of sp³-hybridized carbons (Fsp3) is 0.133. The number of hydrogen-bond acceptors (Lipinski definition) is 4. The number of aryl methyl sites for hydroxylation is 1. The monoisotopic (exact) mass is 430 g/mol. The predicted octanol–water partition coefficient (Wildman–Crippen LogP) is 4.70. The molecule has 0 unspecified atom stereocenters. The van der Waals surface area contributed by atoms with Gasteiger partial charge in [-0.3, -0.25) is 4.98 Å². The van der Waals surface area contributed by atoms with Crippen molar-refractivity contribution in [3.63, 3.8) is 0 Å². The maximum atomic E-state index is 12.8. The first-order valence-electron chi connectivity index (χ1n) is 6.55. The van der Waals surface area contributed by atoms with E-state index in [4.69, 9.17) is 0 Å². The second kappa shape index (κ2) is 5.91. The first-order valence-corrected chi connectivity index (χ1v) is 7.63. The summed E-state index contributed by atoms with van der Waals surface area (Å²) in [5.41, 5.74) is 1.23. The molecule has 0 aliphatic heterocycles. The molecule has 3 aromatic rings. The summed E-state index contributed by atoms with van der Waals surface area (Å²) in [6.45, 7) is 1.97. The Morgan fingerprint density at radius 1 is 1.13 bits per heavy atom. The van der Waals surface area contributed by atoms with E-state index in [-0.39, 0.29) is 5.69 Å². The summed E-state index contributed by atoms with van der Waals surface area (Å²) in [7, 11) is 0. The Morgan fingerprint density at radius 3 is 2.65 bits per heavy atom. The van der Waals surface area contributed by atoms with Gasteiger partial charge in [-0.2, -0.15) is 13.2 Å². The molecule has 3 rings (SSSR count). The Balaban J connectivity index is 2.04. The van der Waals surface area contributed by atoms with Gasteiger partial charge in [-0.25, -0.2) is 9.97 Å². The SMILES string of the molecule is Cc1ccc2c(Nc3cncc(C(F)(F)F)c3)ncnc2c1I. The molecule has 0 radical (unpaired) electrons. The number of alkyl halides is 3. The summed E-state index contributed by atoms with van der Waals surface area (Å²) in [4.78, 5) is 12.0. The fourth-order valence-corrected chi connectivity index (χ4v) is 2.71. The molecule has 1 aromatic carbocycles. The van der Waals surface area contributed by atoms with Gasteiger partial charge in [0.05, 0.1) is 23.0 Å². The van der Waals surface area contributed by atoms with Crippen LogP contribution in [0.3, 0.4) is 0 Å². The summed E-state index contributed by atoms with van der Waals surface area (Å²) in [6, 6.07) is 4.76. The Kier molecular flexibility index (Phi) is 4.09. The molecule has 0 fully saturated rings. The Hall–Kier alpha value is -1.97. The van der Waals surface area contributed by atoms with Gasteiger partial charge in [-0.1, -0.05) is 6.07 Å². The second-order valence-corrected chi connectivity index (χ2v) is 5.98. The number of halogens is 4. The van der Waals surface area contributed by atoms with Crippen LogP contribution in [-0.2, 0) is 6.18 Å². The lowest BCUT2D eigenvalue weighted by atomic mass is 10.1. The molecule has 23 heavy (non-hydrogen) atoms. The minimum atomic E-state index is -4.44. The zero-order chi connectivity index (χ0) is 16.6. The van der Waals surface area contributed by atoms with E-state index < -0.39 is 11.7 Å². The molecule has 8 heteroatoms. The number of pyridine rings is 1. The molecule has 0 spiro atoms. The number of rotatable bonds is 2. The van der Waals surface area contributed by atoms with Crippen LogP contribution < -0.4 is 5.32 Å². The van der Waals surface area contributed by atoms with Gasteiger partial charge in [0, 0.05) is 15.2 Å². The van der Waals surface area contributed by atoms with E-state index >= 15 is 0 Å². The first-order chi connectivity index (χ1) is 10.9. The topological polar surface area (TPSA) is 50.7 Å². The fourth-order valence-electron chi connectivity index (χ4n) is 2.10. The highest BCUT2D eigenvalue weighted by atomic mass is 127. The van der Waals surface area contributed by atoms with Crippen molar-refractivity contribution >= 4 is 45.0 Å². The van der Waals surface area contributed by atoms with Crippen LogP contribution in [0.1, 0.15) is 11.1 Å². The molecule has 0 atom stereocenters. The minimum Gasteiger partial charge on any atom is -0.338 e. The molecule has 0 saturated carbocycles. The van der Waals surface area contributed by atoms with Crippen molar-refractivity contribution in [3.8, 4) is 0 Å². The summed E-state index contributed by atoms with van der Waals surface area (Å²) in [5.74, 6) is 0.439. The van der Waals surface area contributed by atoms with Crippen molar-refractivity contribution in [2.24, 2.45) is 0 Å². The van der Waals surface area contributed by atoms with Crippen molar-refractivity contribution in [1.82, 2.24) is 15.0 Å². The van der Waals surface area contributed by atoms with E-state index in [1.165, 1.54) is 12.5 Å².